The number of anilines is 2. The summed E-state index contributed by atoms with van der Waals surface area (Å²) in [6.45, 7) is 2.64. The molecular formula is C19H24ClN3O. The maximum atomic E-state index is 12.2. The van der Waals surface area contributed by atoms with Crippen molar-refractivity contribution in [3.63, 3.8) is 0 Å². The minimum absolute atomic E-state index is 0. The summed E-state index contributed by atoms with van der Waals surface area (Å²) >= 11 is 0. The molecule has 3 N–H and O–H groups in total. The molecule has 1 aliphatic rings. The van der Waals surface area contributed by atoms with Crippen molar-refractivity contribution in [3.8, 4) is 0 Å². The number of rotatable bonds is 5. The Bertz CT molecular complexity index is 625. The van der Waals surface area contributed by atoms with E-state index in [1.165, 1.54) is 5.56 Å². The third-order valence-electron chi connectivity index (χ3n) is 4.20. The van der Waals surface area contributed by atoms with Crippen molar-refractivity contribution in [2.45, 2.75) is 19.4 Å². The Balaban J connectivity index is 0.00000208. The highest BCUT2D eigenvalue weighted by Gasteiger charge is 2.20. The quantitative estimate of drug-likeness (QED) is 0.775. The lowest BCUT2D eigenvalue weighted by molar-refractivity contribution is -0.120. The molecule has 0 aromatic heterocycles. The van der Waals surface area contributed by atoms with Gasteiger partial charge in [-0.15, -0.1) is 12.4 Å². The Morgan fingerprint density at radius 2 is 1.62 bits per heavy atom. The molecular weight excluding hydrogens is 322 g/mol. The van der Waals surface area contributed by atoms with Crippen LogP contribution in [-0.2, 0) is 11.3 Å². The van der Waals surface area contributed by atoms with Gasteiger partial charge in [-0.1, -0.05) is 30.3 Å². The van der Waals surface area contributed by atoms with Gasteiger partial charge in [-0.05, 0) is 55.8 Å². The molecule has 0 radical (unpaired) electrons. The van der Waals surface area contributed by atoms with Crippen molar-refractivity contribution in [3.05, 3.63) is 60.2 Å². The maximum Gasteiger partial charge on any atom is 0.227 e. The van der Waals surface area contributed by atoms with Gasteiger partial charge < -0.3 is 16.0 Å². The molecule has 0 saturated carbocycles. The van der Waals surface area contributed by atoms with Crippen LogP contribution < -0.4 is 16.0 Å². The van der Waals surface area contributed by atoms with E-state index in [4.69, 9.17) is 0 Å². The summed E-state index contributed by atoms with van der Waals surface area (Å²) in [6.07, 6.45) is 1.84. The number of amides is 1. The van der Waals surface area contributed by atoms with E-state index in [0.717, 1.165) is 43.9 Å². The highest BCUT2D eigenvalue weighted by Crippen LogP contribution is 2.17. The van der Waals surface area contributed by atoms with Crippen LogP contribution in [0.4, 0.5) is 11.4 Å². The molecule has 5 heteroatoms. The second-order valence-corrected chi connectivity index (χ2v) is 5.93. The third-order valence-corrected chi connectivity index (χ3v) is 4.20. The van der Waals surface area contributed by atoms with Gasteiger partial charge in [0, 0.05) is 23.8 Å². The van der Waals surface area contributed by atoms with Gasteiger partial charge in [0.25, 0.3) is 0 Å². The van der Waals surface area contributed by atoms with Crippen LogP contribution in [0.25, 0.3) is 0 Å². The molecule has 0 spiro atoms. The maximum absolute atomic E-state index is 12.2. The second kappa shape index (κ2) is 9.30. The van der Waals surface area contributed by atoms with Crippen molar-refractivity contribution in [2.75, 3.05) is 23.7 Å². The standard InChI is InChI=1S/C19H23N3O.ClH/c23-19(16-10-12-20-13-11-16)22-18-8-6-15(7-9-18)14-21-17-4-2-1-3-5-17;/h1-9,16,20-21H,10-14H2,(H,22,23);1H. The summed E-state index contributed by atoms with van der Waals surface area (Å²) in [5.74, 6) is 0.275. The first-order valence-corrected chi connectivity index (χ1v) is 8.21. The summed E-state index contributed by atoms with van der Waals surface area (Å²) in [5.41, 5.74) is 3.17. The topological polar surface area (TPSA) is 53.2 Å². The molecule has 0 unspecified atom stereocenters. The normalized spacial score (nSPS) is 14.5. The minimum Gasteiger partial charge on any atom is -0.381 e. The molecule has 2 aromatic carbocycles. The number of carbonyl (C=O) groups excluding carboxylic acids is 1. The fourth-order valence-corrected chi connectivity index (χ4v) is 2.79. The number of nitrogens with one attached hydrogen (secondary N) is 3. The zero-order valence-electron chi connectivity index (χ0n) is 13.6. The molecule has 0 bridgehead atoms. The lowest BCUT2D eigenvalue weighted by Gasteiger charge is -2.21. The van der Waals surface area contributed by atoms with Crippen LogP contribution in [0.15, 0.2) is 54.6 Å². The van der Waals surface area contributed by atoms with Crippen molar-refractivity contribution in [2.24, 2.45) is 5.92 Å². The van der Waals surface area contributed by atoms with E-state index < -0.39 is 0 Å². The number of hydrogen-bond donors (Lipinski definition) is 3. The van der Waals surface area contributed by atoms with Crippen LogP contribution in [0, 0.1) is 5.92 Å². The van der Waals surface area contributed by atoms with Crippen LogP contribution >= 0.6 is 12.4 Å². The number of benzene rings is 2. The first kappa shape index (κ1) is 18.3. The molecule has 4 nitrogen and oxygen atoms in total. The molecule has 24 heavy (non-hydrogen) atoms. The molecule has 1 heterocycles. The van der Waals surface area contributed by atoms with Gasteiger partial charge in [0.05, 0.1) is 0 Å². The average molecular weight is 346 g/mol. The smallest absolute Gasteiger partial charge is 0.227 e. The van der Waals surface area contributed by atoms with Crippen LogP contribution in [0.1, 0.15) is 18.4 Å². The summed E-state index contributed by atoms with van der Waals surface area (Å²) in [7, 11) is 0. The summed E-state index contributed by atoms with van der Waals surface area (Å²) in [6, 6.07) is 18.2. The molecule has 1 saturated heterocycles. The number of carbonyl (C=O) groups is 1. The predicted molar refractivity (Wildman–Crippen MR) is 102 cm³/mol. The van der Waals surface area contributed by atoms with Gasteiger partial charge in [-0.2, -0.15) is 0 Å². The highest BCUT2D eigenvalue weighted by atomic mass is 35.5. The van der Waals surface area contributed by atoms with Gasteiger partial charge in [0.15, 0.2) is 0 Å². The molecule has 1 amide bonds. The van der Waals surface area contributed by atoms with Crippen molar-refractivity contribution >= 4 is 29.7 Å². The Labute approximate surface area is 149 Å². The van der Waals surface area contributed by atoms with Crippen LogP contribution in [0.3, 0.4) is 0 Å². The fraction of sp³-hybridized carbons (Fsp3) is 0.316. The van der Waals surface area contributed by atoms with E-state index in [-0.39, 0.29) is 24.2 Å². The molecule has 3 rings (SSSR count). The monoisotopic (exact) mass is 345 g/mol. The first-order chi connectivity index (χ1) is 11.3. The van der Waals surface area contributed by atoms with Crippen molar-refractivity contribution < 1.29 is 4.79 Å². The molecule has 0 aliphatic carbocycles. The van der Waals surface area contributed by atoms with E-state index in [1.807, 2.05) is 54.6 Å². The SMILES string of the molecule is Cl.O=C(Nc1ccc(CNc2ccccc2)cc1)C1CCNCC1. The zero-order chi connectivity index (χ0) is 15.9. The van der Waals surface area contributed by atoms with Crippen LogP contribution in [0.2, 0.25) is 0 Å². The zero-order valence-corrected chi connectivity index (χ0v) is 14.4. The molecule has 1 aliphatic heterocycles. The highest BCUT2D eigenvalue weighted by molar-refractivity contribution is 5.92. The van der Waals surface area contributed by atoms with E-state index in [1.54, 1.807) is 0 Å². The summed E-state index contributed by atoms with van der Waals surface area (Å²) < 4.78 is 0. The van der Waals surface area contributed by atoms with Gasteiger partial charge in [0.2, 0.25) is 5.91 Å². The second-order valence-electron chi connectivity index (χ2n) is 5.93. The summed E-state index contributed by atoms with van der Waals surface area (Å²) in [5, 5.41) is 9.69. The molecule has 1 fully saturated rings. The van der Waals surface area contributed by atoms with Crippen molar-refractivity contribution in [1.82, 2.24) is 5.32 Å². The largest absolute Gasteiger partial charge is 0.381 e. The Kier molecular flexibility index (Phi) is 7.09. The summed E-state index contributed by atoms with van der Waals surface area (Å²) in [4.78, 5) is 12.2. The first-order valence-electron chi connectivity index (χ1n) is 8.21. The van der Waals surface area contributed by atoms with E-state index >= 15 is 0 Å². The fourth-order valence-electron chi connectivity index (χ4n) is 2.79. The number of hydrogen-bond acceptors (Lipinski definition) is 3. The molecule has 0 atom stereocenters. The van der Waals surface area contributed by atoms with E-state index in [9.17, 15) is 4.79 Å². The average Bonchev–Trinajstić information content (AvgIpc) is 2.63. The predicted octanol–water partition coefficient (Wildman–Crippen LogP) is 3.66. The van der Waals surface area contributed by atoms with Gasteiger partial charge in [-0.3, -0.25) is 4.79 Å². The Morgan fingerprint density at radius 3 is 2.29 bits per heavy atom. The number of para-hydroxylation sites is 1. The molecule has 128 valence electrons. The Morgan fingerprint density at radius 1 is 0.958 bits per heavy atom. The van der Waals surface area contributed by atoms with E-state index in [2.05, 4.69) is 16.0 Å². The van der Waals surface area contributed by atoms with Crippen LogP contribution in [-0.4, -0.2) is 19.0 Å². The number of halogens is 1. The number of piperidine rings is 1. The van der Waals surface area contributed by atoms with Gasteiger partial charge >= 0.3 is 0 Å². The van der Waals surface area contributed by atoms with Crippen LogP contribution in [0.5, 0.6) is 0 Å². The van der Waals surface area contributed by atoms with Gasteiger partial charge in [-0.25, -0.2) is 0 Å². The third kappa shape index (κ3) is 5.25. The minimum atomic E-state index is 0. The molecule has 2 aromatic rings. The van der Waals surface area contributed by atoms with E-state index in [0.29, 0.717) is 0 Å². The van der Waals surface area contributed by atoms with Gasteiger partial charge in [0.1, 0.15) is 0 Å². The van der Waals surface area contributed by atoms with Crippen molar-refractivity contribution in [1.29, 1.82) is 0 Å². The lowest BCUT2D eigenvalue weighted by atomic mass is 9.97. The Hall–Kier alpha value is -2.04. The lowest BCUT2D eigenvalue weighted by Crippen LogP contribution is -2.34.